The molecule has 2 aromatic carbocycles. The van der Waals surface area contributed by atoms with Crippen LogP contribution >= 0.6 is 11.8 Å². The Morgan fingerprint density at radius 3 is 2.64 bits per heavy atom. The molecule has 1 aliphatic heterocycles. The second-order valence-electron chi connectivity index (χ2n) is 10.1. The summed E-state index contributed by atoms with van der Waals surface area (Å²) in [5, 5.41) is 0. The highest BCUT2D eigenvalue weighted by Crippen LogP contribution is 2.34. The van der Waals surface area contributed by atoms with Crippen LogP contribution in [0.25, 0.3) is 0 Å². The molecule has 2 fully saturated rings. The summed E-state index contributed by atoms with van der Waals surface area (Å²) in [5.41, 5.74) is 1.93. The third-order valence-corrected chi connectivity index (χ3v) is 8.03. The van der Waals surface area contributed by atoms with Gasteiger partial charge in [-0.25, -0.2) is 4.79 Å². The van der Waals surface area contributed by atoms with Gasteiger partial charge in [0.25, 0.3) is 0 Å². The van der Waals surface area contributed by atoms with E-state index in [4.69, 9.17) is 18.9 Å². The summed E-state index contributed by atoms with van der Waals surface area (Å²) in [6, 6.07) is 12.3. The predicted octanol–water partition coefficient (Wildman–Crippen LogP) is 6.12. The lowest BCUT2D eigenvalue weighted by molar-refractivity contribution is -0.145. The Bertz CT molecular complexity index is 1130. The van der Waals surface area contributed by atoms with Crippen molar-refractivity contribution in [1.82, 2.24) is 4.90 Å². The highest BCUT2D eigenvalue weighted by atomic mass is 32.2. The van der Waals surface area contributed by atoms with Crippen LogP contribution in [-0.2, 0) is 14.3 Å². The molecule has 4 rings (SSSR count). The fourth-order valence-electron chi connectivity index (χ4n) is 4.94. The number of hydrogen-bond acceptors (Lipinski definition) is 7. The van der Waals surface area contributed by atoms with E-state index in [1.807, 2.05) is 19.1 Å². The van der Waals surface area contributed by atoms with Crippen LogP contribution in [0.4, 0.5) is 0 Å². The lowest BCUT2D eigenvalue weighted by atomic mass is 9.87. The van der Waals surface area contributed by atoms with Crippen molar-refractivity contribution >= 4 is 17.7 Å². The Hall–Kier alpha value is -2.66. The van der Waals surface area contributed by atoms with Crippen LogP contribution in [0.5, 0.6) is 11.5 Å². The van der Waals surface area contributed by atoms with Crippen LogP contribution in [0.3, 0.4) is 0 Å². The second kappa shape index (κ2) is 15.8. The van der Waals surface area contributed by atoms with Crippen molar-refractivity contribution in [1.29, 1.82) is 0 Å². The van der Waals surface area contributed by atoms with Crippen molar-refractivity contribution in [2.45, 2.75) is 62.2 Å². The van der Waals surface area contributed by atoms with Gasteiger partial charge in [0.15, 0.2) is 6.61 Å². The quantitative estimate of drug-likeness (QED) is 0.246. The van der Waals surface area contributed by atoms with E-state index < -0.39 is 0 Å². The Kier molecular flexibility index (Phi) is 11.9. The van der Waals surface area contributed by atoms with Gasteiger partial charge < -0.3 is 18.9 Å². The van der Waals surface area contributed by atoms with Gasteiger partial charge in [-0.3, -0.25) is 4.90 Å². The molecule has 0 radical (unpaired) electrons. The molecule has 1 heterocycles. The molecule has 0 atom stereocenters. The molecule has 210 valence electrons. The number of nitrogens with zero attached hydrogens (tertiary/aromatic N) is 1. The van der Waals surface area contributed by atoms with Crippen LogP contribution < -0.4 is 9.47 Å². The minimum Gasteiger partial charge on any atom is -0.494 e. The van der Waals surface area contributed by atoms with Crippen LogP contribution in [0.2, 0.25) is 0 Å². The minimum atomic E-state index is -0.363. The normalized spacial score (nSPS) is 16.3. The summed E-state index contributed by atoms with van der Waals surface area (Å²) in [7, 11) is 0. The largest absolute Gasteiger partial charge is 0.494 e. The number of esters is 1. The molecule has 1 aliphatic carbocycles. The zero-order chi connectivity index (χ0) is 27.3. The van der Waals surface area contributed by atoms with E-state index in [2.05, 4.69) is 41.0 Å². The Morgan fingerprint density at radius 2 is 1.87 bits per heavy atom. The molecular formula is C32H41NO5S. The molecule has 0 aromatic heterocycles. The molecule has 0 spiro atoms. The van der Waals surface area contributed by atoms with Gasteiger partial charge in [-0.1, -0.05) is 55.7 Å². The molecule has 2 aromatic rings. The maximum Gasteiger partial charge on any atom is 0.344 e. The summed E-state index contributed by atoms with van der Waals surface area (Å²) < 4.78 is 22.3. The number of aryl methyl sites for hydroxylation is 1. The monoisotopic (exact) mass is 551 g/mol. The van der Waals surface area contributed by atoms with E-state index in [9.17, 15) is 4.79 Å². The number of rotatable bonds is 11. The summed E-state index contributed by atoms with van der Waals surface area (Å²) in [4.78, 5) is 16.1. The minimum absolute atomic E-state index is 0.0894. The molecule has 0 unspecified atom stereocenters. The van der Waals surface area contributed by atoms with E-state index in [0.29, 0.717) is 12.4 Å². The summed E-state index contributed by atoms with van der Waals surface area (Å²) in [5.74, 6) is 8.69. The van der Waals surface area contributed by atoms with Crippen LogP contribution in [0, 0.1) is 24.7 Å². The van der Waals surface area contributed by atoms with E-state index in [1.165, 1.54) is 32.1 Å². The highest BCUT2D eigenvalue weighted by molar-refractivity contribution is 7.99. The van der Waals surface area contributed by atoms with Crippen molar-refractivity contribution in [2.24, 2.45) is 5.92 Å². The first-order valence-electron chi connectivity index (χ1n) is 14.2. The van der Waals surface area contributed by atoms with Gasteiger partial charge in [0.05, 0.1) is 33.0 Å². The highest BCUT2D eigenvalue weighted by Gasteiger charge is 2.14. The summed E-state index contributed by atoms with van der Waals surface area (Å²) in [6.45, 7) is 8.92. The number of carbonyl (C=O) groups is 1. The Labute approximate surface area is 237 Å². The van der Waals surface area contributed by atoms with Crippen LogP contribution in [0.1, 0.15) is 56.6 Å². The van der Waals surface area contributed by atoms with Crippen molar-refractivity contribution < 1.29 is 23.7 Å². The average Bonchev–Trinajstić information content (AvgIpc) is 2.94. The van der Waals surface area contributed by atoms with E-state index in [1.54, 1.807) is 18.7 Å². The third kappa shape index (κ3) is 10.1. The van der Waals surface area contributed by atoms with E-state index in [-0.39, 0.29) is 12.6 Å². The number of carbonyl (C=O) groups excluding carboxylic acids is 1. The van der Waals surface area contributed by atoms with Gasteiger partial charge in [0.2, 0.25) is 0 Å². The standard InChI is InChI=1S/C32H41NO5S/c1-3-36-32(34)24-38-31-12-11-29(20-25(31)2)39-30-22-27(10-7-14-33-15-18-35-19-16-33)21-28(23-30)37-17-13-26-8-5-4-6-9-26/h11-12,20-23,26H,3-6,8-9,13-19,24H2,1-2H3. The molecule has 6 nitrogen and oxygen atoms in total. The molecule has 2 aliphatic rings. The third-order valence-electron chi connectivity index (χ3n) is 7.07. The first kappa shape index (κ1) is 29.3. The second-order valence-corrected chi connectivity index (χ2v) is 11.3. The molecule has 0 bridgehead atoms. The zero-order valence-corrected chi connectivity index (χ0v) is 24.2. The van der Waals surface area contributed by atoms with E-state index >= 15 is 0 Å². The van der Waals surface area contributed by atoms with Crippen LogP contribution in [0.15, 0.2) is 46.2 Å². The van der Waals surface area contributed by atoms with Gasteiger partial charge in [-0.05, 0) is 68.1 Å². The summed E-state index contributed by atoms with van der Waals surface area (Å²) >= 11 is 1.67. The fourth-order valence-corrected chi connectivity index (χ4v) is 5.95. The molecule has 39 heavy (non-hydrogen) atoms. The van der Waals surface area contributed by atoms with Gasteiger partial charge in [0.1, 0.15) is 11.5 Å². The lowest BCUT2D eigenvalue weighted by Crippen LogP contribution is -2.36. The number of hydrogen-bond donors (Lipinski definition) is 0. The molecule has 7 heteroatoms. The van der Waals surface area contributed by atoms with Crippen molar-refractivity contribution in [3.63, 3.8) is 0 Å². The molecule has 0 amide bonds. The molecule has 0 N–H and O–H groups in total. The van der Waals surface area contributed by atoms with Gasteiger partial charge >= 0.3 is 5.97 Å². The van der Waals surface area contributed by atoms with Gasteiger partial charge in [0, 0.05) is 28.4 Å². The maximum absolute atomic E-state index is 11.6. The molecular weight excluding hydrogens is 510 g/mol. The fraction of sp³-hybridized carbons (Fsp3) is 0.531. The van der Waals surface area contributed by atoms with Gasteiger partial charge in [-0.2, -0.15) is 0 Å². The van der Waals surface area contributed by atoms with Crippen molar-refractivity contribution in [3.05, 3.63) is 47.5 Å². The van der Waals surface area contributed by atoms with Crippen molar-refractivity contribution in [3.8, 4) is 23.3 Å². The number of morpholine rings is 1. The first-order chi connectivity index (χ1) is 19.1. The Morgan fingerprint density at radius 1 is 1.05 bits per heavy atom. The van der Waals surface area contributed by atoms with Crippen molar-refractivity contribution in [2.75, 3.05) is 52.7 Å². The zero-order valence-electron chi connectivity index (χ0n) is 23.3. The first-order valence-corrected chi connectivity index (χ1v) is 15.0. The molecule has 1 saturated carbocycles. The number of ether oxygens (including phenoxy) is 4. The molecule has 1 saturated heterocycles. The van der Waals surface area contributed by atoms with Crippen LogP contribution in [-0.4, -0.2) is 63.5 Å². The predicted molar refractivity (Wildman–Crippen MR) is 155 cm³/mol. The number of benzene rings is 2. The SMILES string of the molecule is CCOC(=O)COc1ccc(Sc2cc(C#CCN3CCOCC3)cc(OCCC3CCCCC3)c2)cc1C. The van der Waals surface area contributed by atoms with E-state index in [0.717, 1.165) is 78.5 Å². The maximum atomic E-state index is 11.6. The average molecular weight is 552 g/mol. The lowest BCUT2D eigenvalue weighted by Gasteiger charge is -2.24. The smallest absolute Gasteiger partial charge is 0.344 e. The Balaban J connectivity index is 1.43. The topological polar surface area (TPSA) is 57.2 Å². The summed E-state index contributed by atoms with van der Waals surface area (Å²) in [6.07, 6.45) is 7.85. The van der Waals surface area contributed by atoms with Gasteiger partial charge in [-0.15, -0.1) is 0 Å².